The van der Waals surface area contributed by atoms with Gasteiger partial charge in [0.15, 0.2) is 10.6 Å². The fourth-order valence-electron chi connectivity index (χ4n) is 3.13. The molecule has 8 heteroatoms. The quantitative estimate of drug-likeness (QED) is 0.388. The van der Waals surface area contributed by atoms with E-state index in [1.807, 2.05) is 35.0 Å². The van der Waals surface area contributed by atoms with Crippen LogP contribution in [0, 0.1) is 4.77 Å². The molecule has 4 rings (SSSR count). The zero-order valence-corrected chi connectivity index (χ0v) is 18.2. The Bertz CT molecular complexity index is 1130. The van der Waals surface area contributed by atoms with Gasteiger partial charge in [0.1, 0.15) is 6.54 Å². The number of carbonyl (C=O) groups is 1. The molecular formula is C21H20N4OS3. The highest BCUT2D eigenvalue weighted by Gasteiger charge is 2.20. The van der Waals surface area contributed by atoms with Gasteiger partial charge in [-0.2, -0.15) is 5.10 Å². The van der Waals surface area contributed by atoms with Crippen molar-refractivity contribution < 1.29 is 4.79 Å². The van der Waals surface area contributed by atoms with Gasteiger partial charge >= 0.3 is 0 Å². The van der Waals surface area contributed by atoms with Crippen molar-refractivity contribution in [3.8, 4) is 10.7 Å². The molecule has 3 aromatic heterocycles. The van der Waals surface area contributed by atoms with Gasteiger partial charge in [-0.05, 0) is 52.7 Å². The zero-order valence-electron chi connectivity index (χ0n) is 15.8. The lowest BCUT2D eigenvalue weighted by Gasteiger charge is -2.19. The minimum absolute atomic E-state index is 0.109. The number of amides is 1. The molecular weight excluding hydrogens is 420 g/mol. The number of aryl methyl sites for hydroxylation is 1. The van der Waals surface area contributed by atoms with Crippen LogP contribution < -0.4 is 5.32 Å². The Kier molecular flexibility index (Phi) is 6.03. The van der Waals surface area contributed by atoms with Gasteiger partial charge in [0.2, 0.25) is 5.91 Å². The van der Waals surface area contributed by atoms with Gasteiger partial charge in [-0.3, -0.25) is 14.5 Å². The highest BCUT2D eigenvalue weighted by molar-refractivity contribution is 7.71. The average molecular weight is 441 g/mol. The Labute approximate surface area is 182 Å². The van der Waals surface area contributed by atoms with Crippen molar-refractivity contribution in [3.63, 3.8) is 0 Å². The maximum atomic E-state index is 13.0. The third-order valence-corrected chi connectivity index (χ3v) is 6.77. The molecule has 29 heavy (non-hydrogen) atoms. The van der Waals surface area contributed by atoms with Crippen molar-refractivity contribution in [1.29, 1.82) is 0 Å². The lowest BCUT2D eigenvalue weighted by molar-refractivity contribution is -0.122. The van der Waals surface area contributed by atoms with Gasteiger partial charge in [-0.25, -0.2) is 0 Å². The van der Waals surface area contributed by atoms with Crippen LogP contribution in [-0.4, -0.2) is 20.7 Å². The number of rotatable bonds is 7. The summed E-state index contributed by atoms with van der Waals surface area (Å²) in [5.41, 5.74) is 2.34. The highest BCUT2D eigenvalue weighted by Crippen LogP contribution is 2.27. The molecule has 148 valence electrons. The minimum atomic E-state index is -0.195. The molecule has 2 N–H and O–H groups in total. The van der Waals surface area contributed by atoms with E-state index in [0.29, 0.717) is 10.6 Å². The van der Waals surface area contributed by atoms with Crippen LogP contribution in [0.4, 0.5) is 0 Å². The molecule has 1 unspecified atom stereocenters. The molecule has 0 aliphatic heterocycles. The number of aromatic amines is 1. The van der Waals surface area contributed by atoms with E-state index in [2.05, 4.69) is 46.7 Å². The van der Waals surface area contributed by atoms with Crippen LogP contribution in [0.3, 0.4) is 0 Å². The zero-order chi connectivity index (χ0) is 20.2. The summed E-state index contributed by atoms with van der Waals surface area (Å²) < 4.78 is 2.17. The van der Waals surface area contributed by atoms with Crippen LogP contribution >= 0.6 is 34.9 Å². The van der Waals surface area contributed by atoms with Crippen LogP contribution in [0.5, 0.6) is 0 Å². The molecule has 0 bridgehead atoms. The topological polar surface area (TPSA) is 62.7 Å². The molecule has 3 heterocycles. The lowest BCUT2D eigenvalue weighted by Crippen LogP contribution is -2.32. The van der Waals surface area contributed by atoms with Crippen LogP contribution in [0.15, 0.2) is 59.3 Å². The van der Waals surface area contributed by atoms with Crippen molar-refractivity contribution in [2.75, 3.05) is 0 Å². The Hall–Kier alpha value is -2.55. The van der Waals surface area contributed by atoms with Crippen molar-refractivity contribution in [2.24, 2.45) is 0 Å². The number of hydrogen-bond donors (Lipinski definition) is 2. The first-order valence-electron chi connectivity index (χ1n) is 9.26. The first-order valence-corrected chi connectivity index (χ1v) is 11.4. The third-order valence-electron chi connectivity index (χ3n) is 4.66. The fourth-order valence-corrected chi connectivity index (χ4v) is 4.85. The third kappa shape index (κ3) is 4.39. The van der Waals surface area contributed by atoms with E-state index in [1.54, 1.807) is 27.2 Å². The van der Waals surface area contributed by atoms with Gasteiger partial charge in [0.25, 0.3) is 0 Å². The second-order valence-corrected chi connectivity index (χ2v) is 8.84. The van der Waals surface area contributed by atoms with Crippen molar-refractivity contribution >= 4 is 40.8 Å². The Morgan fingerprint density at radius 2 is 1.93 bits per heavy atom. The summed E-state index contributed by atoms with van der Waals surface area (Å²) in [5.74, 6) is 0.568. The van der Waals surface area contributed by atoms with E-state index in [9.17, 15) is 4.79 Å². The Morgan fingerprint density at radius 3 is 2.59 bits per heavy atom. The molecule has 0 aliphatic carbocycles. The van der Waals surface area contributed by atoms with Gasteiger partial charge in [0, 0.05) is 4.88 Å². The van der Waals surface area contributed by atoms with E-state index < -0.39 is 0 Å². The summed E-state index contributed by atoms with van der Waals surface area (Å²) >= 11 is 8.55. The van der Waals surface area contributed by atoms with Crippen LogP contribution in [0.25, 0.3) is 10.7 Å². The largest absolute Gasteiger partial charge is 0.343 e. The molecule has 0 spiro atoms. The number of benzene rings is 1. The van der Waals surface area contributed by atoms with E-state index in [0.717, 1.165) is 21.7 Å². The first kappa shape index (κ1) is 19.8. The van der Waals surface area contributed by atoms with Gasteiger partial charge in [-0.1, -0.05) is 43.3 Å². The summed E-state index contributed by atoms with van der Waals surface area (Å²) in [7, 11) is 0. The summed E-state index contributed by atoms with van der Waals surface area (Å²) in [4.78, 5) is 15.0. The molecule has 0 radical (unpaired) electrons. The number of nitrogens with one attached hydrogen (secondary N) is 2. The maximum absolute atomic E-state index is 13.0. The maximum Gasteiger partial charge on any atom is 0.240 e. The van der Waals surface area contributed by atoms with Gasteiger partial charge in [0.05, 0.1) is 10.9 Å². The number of hydrogen-bond acceptors (Lipinski definition) is 5. The molecule has 0 saturated carbocycles. The second-order valence-electron chi connectivity index (χ2n) is 6.53. The predicted molar refractivity (Wildman–Crippen MR) is 121 cm³/mol. The monoisotopic (exact) mass is 440 g/mol. The van der Waals surface area contributed by atoms with Crippen LogP contribution in [-0.2, 0) is 17.8 Å². The number of nitrogens with zero attached hydrogens (tertiary/aromatic N) is 2. The molecule has 4 aromatic rings. The second kappa shape index (κ2) is 8.86. The van der Waals surface area contributed by atoms with Crippen molar-refractivity contribution in [2.45, 2.75) is 25.9 Å². The summed E-state index contributed by atoms with van der Waals surface area (Å²) in [5, 5.41) is 14.3. The standard InChI is InChI=1S/C21H20N4OS3/c1-2-14-7-9-15(10-8-14)19(16-5-3-11-28-16)22-18(26)13-25-20(23-24-21(25)27)17-6-4-12-29-17/h3-12,19H,2,13H2,1H3,(H,22,26)(H,24,27). The molecule has 1 amide bonds. The lowest BCUT2D eigenvalue weighted by atomic mass is 10.0. The fraction of sp³-hybridized carbons (Fsp3) is 0.190. The normalized spacial score (nSPS) is 12.0. The molecule has 5 nitrogen and oxygen atoms in total. The number of H-pyrrole nitrogens is 1. The summed E-state index contributed by atoms with van der Waals surface area (Å²) in [6.07, 6.45) is 0.987. The molecule has 0 aliphatic rings. The van der Waals surface area contributed by atoms with Crippen LogP contribution in [0.2, 0.25) is 0 Å². The Balaban J connectivity index is 1.58. The average Bonchev–Trinajstić information content (AvgIpc) is 3.50. The predicted octanol–water partition coefficient (Wildman–Crippen LogP) is 5.20. The van der Waals surface area contributed by atoms with Crippen LogP contribution in [0.1, 0.15) is 29.0 Å². The SMILES string of the molecule is CCc1ccc(C(NC(=O)Cn2c(-c3cccs3)n[nH]c2=S)c2cccs2)cc1. The Morgan fingerprint density at radius 1 is 1.17 bits per heavy atom. The van der Waals surface area contributed by atoms with Crippen molar-refractivity contribution in [3.05, 3.63) is 80.1 Å². The van der Waals surface area contributed by atoms with E-state index >= 15 is 0 Å². The molecule has 0 fully saturated rings. The van der Waals surface area contributed by atoms with Gasteiger partial charge in [-0.15, -0.1) is 22.7 Å². The van der Waals surface area contributed by atoms with E-state index in [1.165, 1.54) is 5.56 Å². The number of aromatic nitrogens is 3. The smallest absolute Gasteiger partial charge is 0.240 e. The number of thiophene rings is 2. The van der Waals surface area contributed by atoms with Crippen molar-refractivity contribution in [1.82, 2.24) is 20.1 Å². The van der Waals surface area contributed by atoms with Gasteiger partial charge < -0.3 is 5.32 Å². The van der Waals surface area contributed by atoms with E-state index in [4.69, 9.17) is 12.2 Å². The number of carbonyl (C=O) groups excluding carboxylic acids is 1. The summed E-state index contributed by atoms with van der Waals surface area (Å²) in [6, 6.07) is 16.2. The highest BCUT2D eigenvalue weighted by atomic mass is 32.1. The minimum Gasteiger partial charge on any atom is -0.343 e. The molecule has 1 aromatic carbocycles. The molecule has 0 saturated heterocycles. The summed E-state index contributed by atoms with van der Waals surface area (Å²) in [6.45, 7) is 2.24. The first-order chi connectivity index (χ1) is 14.2. The molecule has 1 atom stereocenters. The van der Waals surface area contributed by atoms with E-state index in [-0.39, 0.29) is 18.5 Å².